The van der Waals surface area contributed by atoms with Crippen molar-refractivity contribution in [3.63, 3.8) is 0 Å². The van der Waals surface area contributed by atoms with Crippen molar-refractivity contribution < 1.29 is 18.7 Å². The number of carbonyl (C=O) groups is 2. The quantitative estimate of drug-likeness (QED) is 0.817. The summed E-state index contributed by atoms with van der Waals surface area (Å²) in [7, 11) is 3.59. The van der Waals surface area contributed by atoms with Gasteiger partial charge in [-0.05, 0) is 30.2 Å². The number of para-hydroxylation sites is 1. The monoisotopic (exact) mass is 382 g/mol. The zero-order valence-corrected chi connectivity index (χ0v) is 16.4. The maximum atomic E-state index is 12.6. The van der Waals surface area contributed by atoms with E-state index in [2.05, 4.69) is 6.07 Å². The van der Waals surface area contributed by atoms with E-state index < -0.39 is 0 Å². The molecule has 2 aromatic rings. The van der Waals surface area contributed by atoms with E-state index in [0.717, 1.165) is 30.6 Å². The first-order valence-corrected chi connectivity index (χ1v) is 9.78. The lowest BCUT2D eigenvalue weighted by Crippen LogP contribution is -2.52. The molecule has 3 heterocycles. The van der Waals surface area contributed by atoms with E-state index in [1.807, 2.05) is 23.1 Å². The lowest BCUT2D eigenvalue weighted by Gasteiger charge is -2.46. The van der Waals surface area contributed by atoms with E-state index >= 15 is 0 Å². The average molecular weight is 382 g/mol. The Morgan fingerprint density at radius 2 is 1.89 bits per heavy atom. The molecule has 1 saturated heterocycles. The molecule has 0 bridgehead atoms. The molecule has 148 valence electrons. The van der Waals surface area contributed by atoms with Gasteiger partial charge in [0.1, 0.15) is 11.4 Å². The number of carbonyl (C=O) groups excluding carboxylic acids is 2. The zero-order valence-electron chi connectivity index (χ0n) is 16.4. The fraction of sp³-hybridized carbons (Fsp3) is 0.455. The summed E-state index contributed by atoms with van der Waals surface area (Å²) in [5.41, 5.74) is 0.781. The molecule has 1 aromatic carbocycles. The number of hydrogen-bond acceptors (Lipinski definition) is 4. The predicted octanol–water partition coefficient (Wildman–Crippen LogP) is 3.30. The number of likely N-dealkylation sites (tertiary alicyclic amines) is 1. The molecule has 0 radical (unpaired) electrons. The topological polar surface area (TPSA) is 63.0 Å². The second-order valence-corrected chi connectivity index (χ2v) is 7.99. The van der Waals surface area contributed by atoms with Gasteiger partial charge in [-0.2, -0.15) is 0 Å². The lowest BCUT2D eigenvalue weighted by atomic mass is 9.76. The van der Waals surface area contributed by atoms with Crippen LogP contribution in [0.4, 0.5) is 0 Å². The zero-order chi connectivity index (χ0) is 19.7. The van der Waals surface area contributed by atoms with Gasteiger partial charge in [-0.3, -0.25) is 9.59 Å². The van der Waals surface area contributed by atoms with Crippen LogP contribution in [-0.4, -0.2) is 54.4 Å². The lowest BCUT2D eigenvalue weighted by molar-refractivity contribution is -0.129. The van der Waals surface area contributed by atoms with Crippen LogP contribution in [0.2, 0.25) is 0 Å². The first-order chi connectivity index (χ1) is 13.5. The summed E-state index contributed by atoms with van der Waals surface area (Å²) in [6.07, 6.45) is 4.30. The molecule has 2 aliphatic rings. The Hall–Kier alpha value is -2.76. The maximum Gasteiger partial charge on any atom is 0.289 e. The number of hydrogen-bond donors (Lipinski definition) is 0. The van der Waals surface area contributed by atoms with Gasteiger partial charge in [0.2, 0.25) is 5.91 Å². The first kappa shape index (κ1) is 18.6. The van der Waals surface area contributed by atoms with Crippen molar-refractivity contribution in [1.29, 1.82) is 0 Å². The molecule has 1 aromatic heterocycles. The number of fused-ring (bicyclic) bond motifs is 1. The molecule has 0 aliphatic carbocycles. The molecule has 1 fully saturated rings. The Bertz CT molecular complexity index is 851. The fourth-order valence-electron chi connectivity index (χ4n) is 4.30. The van der Waals surface area contributed by atoms with Crippen LogP contribution in [0.5, 0.6) is 5.75 Å². The van der Waals surface area contributed by atoms with Crippen molar-refractivity contribution in [3.8, 4) is 5.75 Å². The summed E-state index contributed by atoms with van der Waals surface area (Å²) >= 11 is 0. The molecule has 1 spiro atoms. The molecule has 1 unspecified atom stereocenters. The van der Waals surface area contributed by atoms with E-state index in [1.54, 1.807) is 31.1 Å². The van der Waals surface area contributed by atoms with Crippen molar-refractivity contribution in [1.82, 2.24) is 9.80 Å². The molecule has 6 nitrogen and oxygen atoms in total. The molecule has 4 rings (SSSR count). The maximum absolute atomic E-state index is 12.6. The average Bonchev–Trinajstić information content (AvgIpc) is 3.23. The van der Waals surface area contributed by atoms with Gasteiger partial charge in [0.15, 0.2) is 5.76 Å². The molecule has 6 heteroatoms. The van der Waals surface area contributed by atoms with Gasteiger partial charge in [-0.15, -0.1) is 0 Å². The first-order valence-electron chi connectivity index (χ1n) is 9.78. The number of nitrogens with zero attached hydrogens (tertiary/aromatic N) is 2. The summed E-state index contributed by atoms with van der Waals surface area (Å²) in [6, 6.07) is 11.4. The summed E-state index contributed by atoms with van der Waals surface area (Å²) in [5, 5.41) is 0. The van der Waals surface area contributed by atoms with Crippen LogP contribution >= 0.6 is 0 Å². The second-order valence-electron chi connectivity index (χ2n) is 7.99. The Balaban J connectivity index is 1.51. The van der Waals surface area contributed by atoms with E-state index in [0.29, 0.717) is 25.3 Å². The van der Waals surface area contributed by atoms with E-state index in [-0.39, 0.29) is 23.3 Å². The van der Waals surface area contributed by atoms with Crippen molar-refractivity contribution in [3.05, 3.63) is 54.0 Å². The van der Waals surface area contributed by atoms with Crippen LogP contribution in [0.25, 0.3) is 0 Å². The predicted molar refractivity (Wildman–Crippen MR) is 104 cm³/mol. The van der Waals surface area contributed by atoms with Gasteiger partial charge in [-0.1, -0.05) is 18.2 Å². The van der Waals surface area contributed by atoms with Crippen LogP contribution in [0, 0.1) is 0 Å². The Labute approximate surface area is 165 Å². The van der Waals surface area contributed by atoms with Gasteiger partial charge in [0.25, 0.3) is 5.91 Å². The number of furan rings is 1. The normalized spacial score (nSPS) is 20.4. The minimum atomic E-state index is -0.328. The smallest absolute Gasteiger partial charge is 0.289 e. The highest BCUT2D eigenvalue weighted by Gasteiger charge is 2.44. The molecule has 0 saturated carbocycles. The number of rotatable bonds is 3. The fourth-order valence-corrected chi connectivity index (χ4v) is 4.30. The van der Waals surface area contributed by atoms with E-state index in [9.17, 15) is 9.59 Å². The third-order valence-corrected chi connectivity index (χ3v) is 5.92. The SMILES string of the molecule is CN(C)C(=O)CC1CC2(CCN(C(=O)c3ccco3)CC2)Oc2ccccc21. The number of ether oxygens (including phenoxy) is 1. The molecule has 28 heavy (non-hydrogen) atoms. The highest BCUT2D eigenvalue weighted by atomic mass is 16.5. The molecular formula is C22H26N2O4. The summed E-state index contributed by atoms with van der Waals surface area (Å²) in [5.74, 6) is 1.43. The summed E-state index contributed by atoms with van der Waals surface area (Å²) in [6.45, 7) is 1.24. The van der Waals surface area contributed by atoms with Crippen LogP contribution in [0.3, 0.4) is 0 Å². The van der Waals surface area contributed by atoms with Crippen LogP contribution in [0.1, 0.15) is 47.7 Å². The van der Waals surface area contributed by atoms with Gasteiger partial charge >= 0.3 is 0 Å². The second kappa shape index (κ2) is 7.34. The van der Waals surface area contributed by atoms with Gasteiger partial charge in [0, 0.05) is 52.4 Å². The van der Waals surface area contributed by atoms with Crippen molar-refractivity contribution in [2.75, 3.05) is 27.2 Å². The van der Waals surface area contributed by atoms with Crippen molar-refractivity contribution >= 4 is 11.8 Å². The third kappa shape index (κ3) is 3.51. The van der Waals surface area contributed by atoms with Crippen LogP contribution in [0.15, 0.2) is 47.1 Å². The largest absolute Gasteiger partial charge is 0.487 e. The molecule has 1 atom stereocenters. The minimum absolute atomic E-state index is 0.0737. The third-order valence-electron chi connectivity index (χ3n) is 5.92. The van der Waals surface area contributed by atoms with Gasteiger partial charge in [0.05, 0.1) is 6.26 Å². The van der Waals surface area contributed by atoms with Gasteiger partial charge < -0.3 is 19.0 Å². The Morgan fingerprint density at radius 1 is 1.14 bits per heavy atom. The van der Waals surface area contributed by atoms with E-state index in [4.69, 9.17) is 9.15 Å². The van der Waals surface area contributed by atoms with Gasteiger partial charge in [-0.25, -0.2) is 0 Å². The van der Waals surface area contributed by atoms with E-state index in [1.165, 1.54) is 6.26 Å². The number of amides is 2. The molecular weight excluding hydrogens is 356 g/mol. The van der Waals surface area contributed by atoms with Crippen molar-refractivity contribution in [2.24, 2.45) is 0 Å². The van der Waals surface area contributed by atoms with Crippen LogP contribution in [-0.2, 0) is 4.79 Å². The van der Waals surface area contributed by atoms with Crippen LogP contribution < -0.4 is 4.74 Å². The molecule has 0 N–H and O–H groups in total. The molecule has 2 aliphatic heterocycles. The Kier molecular flexibility index (Phi) is 4.87. The highest BCUT2D eigenvalue weighted by molar-refractivity contribution is 5.91. The Morgan fingerprint density at radius 3 is 2.57 bits per heavy atom. The molecule has 2 amide bonds. The van der Waals surface area contributed by atoms with Crippen molar-refractivity contribution in [2.45, 2.75) is 37.2 Å². The summed E-state index contributed by atoms with van der Waals surface area (Å²) in [4.78, 5) is 28.4. The number of piperidine rings is 1. The highest BCUT2D eigenvalue weighted by Crippen LogP contribution is 2.46. The number of benzene rings is 1. The summed E-state index contributed by atoms with van der Waals surface area (Å²) < 4.78 is 11.7. The minimum Gasteiger partial charge on any atom is -0.487 e. The standard InChI is InChI=1S/C22H26N2O4/c1-23(2)20(25)14-16-15-22(28-18-7-4-3-6-17(16)18)9-11-24(12-10-22)21(26)19-8-5-13-27-19/h3-8,13,16H,9-12,14-15H2,1-2H3.